The van der Waals surface area contributed by atoms with Crippen molar-refractivity contribution >= 4 is 11.8 Å². The molecule has 1 aromatic heterocycles. The SMILES string of the molecule is CN1CCN(C(=O)c2ccn(C)n2)C[C@]12CCC(=O)N(CC1CC1)CC2. The van der Waals surface area contributed by atoms with Gasteiger partial charge in [-0.15, -0.1) is 0 Å². The van der Waals surface area contributed by atoms with Crippen LogP contribution in [0.3, 0.4) is 0 Å². The molecule has 3 aliphatic rings. The molecule has 7 nitrogen and oxygen atoms in total. The summed E-state index contributed by atoms with van der Waals surface area (Å²) in [5.41, 5.74) is 0.406. The quantitative estimate of drug-likeness (QED) is 0.807. The highest BCUT2D eigenvalue weighted by molar-refractivity contribution is 5.92. The molecule has 2 saturated heterocycles. The predicted molar refractivity (Wildman–Crippen MR) is 97.6 cm³/mol. The summed E-state index contributed by atoms with van der Waals surface area (Å²) in [5, 5.41) is 4.27. The van der Waals surface area contributed by atoms with Crippen LogP contribution in [0.5, 0.6) is 0 Å². The van der Waals surface area contributed by atoms with Crippen LogP contribution >= 0.6 is 0 Å². The lowest BCUT2D eigenvalue weighted by atomic mass is 9.86. The highest BCUT2D eigenvalue weighted by Crippen LogP contribution is 2.35. The van der Waals surface area contributed by atoms with E-state index < -0.39 is 0 Å². The number of carbonyl (C=O) groups excluding carboxylic acids is 2. The van der Waals surface area contributed by atoms with E-state index in [0.717, 1.165) is 38.4 Å². The molecule has 0 radical (unpaired) electrons. The molecule has 2 aliphatic heterocycles. The molecule has 0 unspecified atom stereocenters. The Kier molecular flexibility index (Phi) is 4.50. The highest BCUT2D eigenvalue weighted by Gasteiger charge is 2.44. The minimum atomic E-state index is -0.101. The molecule has 26 heavy (non-hydrogen) atoms. The van der Waals surface area contributed by atoms with Crippen molar-refractivity contribution in [2.45, 2.75) is 37.6 Å². The van der Waals surface area contributed by atoms with Gasteiger partial charge in [0.1, 0.15) is 5.69 Å². The maximum Gasteiger partial charge on any atom is 0.274 e. The number of aromatic nitrogens is 2. The molecule has 1 spiro atoms. The summed E-state index contributed by atoms with van der Waals surface area (Å²) < 4.78 is 1.67. The molecule has 142 valence electrons. The molecule has 0 bridgehead atoms. The molecule has 4 rings (SSSR count). The number of hydrogen-bond acceptors (Lipinski definition) is 4. The van der Waals surface area contributed by atoms with Gasteiger partial charge in [-0.2, -0.15) is 5.10 Å². The number of amides is 2. The number of likely N-dealkylation sites (tertiary alicyclic amines) is 1. The molecule has 1 aliphatic carbocycles. The Bertz CT molecular complexity index is 698. The third-order valence-corrected chi connectivity index (χ3v) is 6.40. The van der Waals surface area contributed by atoms with Crippen molar-refractivity contribution in [3.63, 3.8) is 0 Å². The first kappa shape index (κ1) is 17.5. The molecular formula is C19H29N5O2. The molecule has 1 atom stereocenters. The standard InChI is InChI=1S/C19H29N5O2/c1-21-11-12-24(18(26)16-6-9-22(2)20-16)14-19(21)7-5-17(25)23(10-8-19)13-15-3-4-15/h6,9,15H,3-5,7-8,10-14H2,1-2H3/t19-/m1/s1. The van der Waals surface area contributed by atoms with Crippen LogP contribution in [-0.4, -0.2) is 81.6 Å². The zero-order valence-corrected chi connectivity index (χ0v) is 15.9. The van der Waals surface area contributed by atoms with Gasteiger partial charge in [-0.3, -0.25) is 19.2 Å². The van der Waals surface area contributed by atoms with Crippen molar-refractivity contribution in [3.05, 3.63) is 18.0 Å². The second-order valence-corrected chi connectivity index (χ2v) is 8.28. The van der Waals surface area contributed by atoms with Gasteiger partial charge in [-0.1, -0.05) is 0 Å². The molecule has 0 N–H and O–H groups in total. The van der Waals surface area contributed by atoms with Crippen molar-refractivity contribution in [2.24, 2.45) is 13.0 Å². The van der Waals surface area contributed by atoms with E-state index in [9.17, 15) is 9.59 Å². The lowest BCUT2D eigenvalue weighted by molar-refractivity contribution is -0.130. The summed E-state index contributed by atoms with van der Waals surface area (Å²) in [6.45, 7) is 3.98. The van der Waals surface area contributed by atoms with Gasteiger partial charge in [0.2, 0.25) is 5.91 Å². The molecule has 0 aromatic carbocycles. The number of nitrogens with zero attached hydrogens (tertiary/aromatic N) is 5. The predicted octanol–water partition coefficient (Wildman–Crippen LogP) is 0.969. The van der Waals surface area contributed by atoms with Gasteiger partial charge in [0.15, 0.2) is 0 Å². The van der Waals surface area contributed by atoms with Crippen LogP contribution in [0.4, 0.5) is 0 Å². The first-order chi connectivity index (χ1) is 12.5. The van der Waals surface area contributed by atoms with Crippen LogP contribution in [0, 0.1) is 5.92 Å². The number of piperazine rings is 1. The van der Waals surface area contributed by atoms with Crippen LogP contribution in [-0.2, 0) is 11.8 Å². The van der Waals surface area contributed by atoms with Crippen LogP contribution < -0.4 is 0 Å². The summed E-state index contributed by atoms with van der Waals surface area (Å²) in [6, 6.07) is 1.78. The fraction of sp³-hybridized carbons (Fsp3) is 0.737. The maximum atomic E-state index is 12.9. The Morgan fingerprint density at radius 2 is 2.04 bits per heavy atom. The summed E-state index contributed by atoms with van der Waals surface area (Å²) in [6.07, 6.45) is 6.69. The minimum Gasteiger partial charge on any atom is -0.342 e. The second kappa shape index (κ2) is 6.68. The van der Waals surface area contributed by atoms with Gasteiger partial charge < -0.3 is 9.80 Å². The van der Waals surface area contributed by atoms with E-state index in [0.29, 0.717) is 25.2 Å². The third kappa shape index (κ3) is 3.37. The van der Waals surface area contributed by atoms with E-state index in [1.165, 1.54) is 12.8 Å². The third-order valence-electron chi connectivity index (χ3n) is 6.40. The first-order valence-electron chi connectivity index (χ1n) is 9.75. The highest BCUT2D eigenvalue weighted by atomic mass is 16.2. The Hall–Kier alpha value is -1.89. The summed E-state index contributed by atoms with van der Waals surface area (Å²) in [7, 11) is 3.97. The topological polar surface area (TPSA) is 61.7 Å². The number of rotatable bonds is 3. The van der Waals surface area contributed by atoms with E-state index >= 15 is 0 Å². The number of likely N-dealkylation sites (N-methyl/N-ethyl adjacent to an activating group) is 1. The Balaban J connectivity index is 1.48. The van der Waals surface area contributed by atoms with E-state index in [1.54, 1.807) is 16.9 Å². The van der Waals surface area contributed by atoms with Crippen LogP contribution in [0.25, 0.3) is 0 Å². The van der Waals surface area contributed by atoms with Gasteiger partial charge in [-0.25, -0.2) is 0 Å². The average molecular weight is 359 g/mol. The number of aryl methyl sites for hydroxylation is 1. The normalized spacial score (nSPS) is 27.8. The largest absolute Gasteiger partial charge is 0.342 e. The zero-order valence-electron chi connectivity index (χ0n) is 15.9. The van der Waals surface area contributed by atoms with E-state index in [-0.39, 0.29) is 17.4 Å². The molecule has 1 aromatic rings. The Morgan fingerprint density at radius 1 is 1.23 bits per heavy atom. The van der Waals surface area contributed by atoms with Crippen LogP contribution in [0.1, 0.15) is 42.6 Å². The van der Waals surface area contributed by atoms with Gasteiger partial charge in [0.25, 0.3) is 5.91 Å². The minimum absolute atomic E-state index is 0.00323. The summed E-state index contributed by atoms with van der Waals surface area (Å²) >= 11 is 0. The Morgan fingerprint density at radius 3 is 2.73 bits per heavy atom. The fourth-order valence-corrected chi connectivity index (χ4v) is 4.36. The summed E-state index contributed by atoms with van der Waals surface area (Å²) in [5.74, 6) is 1.01. The lowest BCUT2D eigenvalue weighted by Crippen LogP contribution is -2.62. The van der Waals surface area contributed by atoms with Crippen molar-refractivity contribution in [1.82, 2.24) is 24.5 Å². The molecule has 1 saturated carbocycles. The summed E-state index contributed by atoms with van der Waals surface area (Å²) in [4.78, 5) is 31.8. The number of carbonyl (C=O) groups is 2. The van der Waals surface area contributed by atoms with Gasteiger partial charge in [0, 0.05) is 57.9 Å². The Labute approximate surface area is 154 Å². The maximum absolute atomic E-state index is 12.9. The molecule has 7 heteroatoms. The van der Waals surface area contributed by atoms with Crippen molar-refractivity contribution < 1.29 is 9.59 Å². The van der Waals surface area contributed by atoms with Gasteiger partial charge >= 0.3 is 0 Å². The smallest absolute Gasteiger partial charge is 0.274 e. The lowest BCUT2D eigenvalue weighted by Gasteiger charge is -2.49. The van der Waals surface area contributed by atoms with Gasteiger partial charge in [-0.05, 0) is 44.7 Å². The van der Waals surface area contributed by atoms with E-state index in [2.05, 4.69) is 21.9 Å². The molecule has 2 amide bonds. The fourth-order valence-electron chi connectivity index (χ4n) is 4.36. The van der Waals surface area contributed by atoms with Crippen LogP contribution in [0.15, 0.2) is 12.3 Å². The monoisotopic (exact) mass is 359 g/mol. The molecule has 3 heterocycles. The van der Waals surface area contributed by atoms with Crippen molar-refractivity contribution in [1.29, 1.82) is 0 Å². The van der Waals surface area contributed by atoms with E-state index in [4.69, 9.17) is 0 Å². The molecular weight excluding hydrogens is 330 g/mol. The average Bonchev–Trinajstić information content (AvgIpc) is 3.37. The zero-order chi connectivity index (χ0) is 18.3. The van der Waals surface area contributed by atoms with Crippen molar-refractivity contribution in [3.8, 4) is 0 Å². The van der Waals surface area contributed by atoms with Crippen LogP contribution in [0.2, 0.25) is 0 Å². The van der Waals surface area contributed by atoms with Crippen molar-refractivity contribution in [2.75, 3.05) is 39.8 Å². The first-order valence-corrected chi connectivity index (χ1v) is 9.75. The molecule has 3 fully saturated rings. The van der Waals surface area contributed by atoms with E-state index in [1.807, 2.05) is 11.9 Å². The second-order valence-electron chi connectivity index (χ2n) is 8.28. The van der Waals surface area contributed by atoms with Gasteiger partial charge in [0.05, 0.1) is 0 Å². The number of hydrogen-bond donors (Lipinski definition) is 0.